The highest BCUT2D eigenvalue weighted by Gasteiger charge is 2.19. The van der Waals surface area contributed by atoms with Gasteiger partial charge in [-0.2, -0.15) is 0 Å². The summed E-state index contributed by atoms with van der Waals surface area (Å²) in [5.74, 6) is 0. The summed E-state index contributed by atoms with van der Waals surface area (Å²) in [7, 11) is 0. The maximum atomic E-state index is 4.69. The van der Waals surface area contributed by atoms with Gasteiger partial charge in [-0.1, -0.05) is 12.1 Å². The van der Waals surface area contributed by atoms with Gasteiger partial charge in [0, 0.05) is 48.7 Å². The number of rotatable bonds is 4. The maximum Gasteiger partial charge on any atom is 0.0422 e. The van der Waals surface area contributed by atoms with Gasteiger partial charge in [0.1, 0.15) is 0 Å². The number of nitrogens with zero attached hydrogens (tertiary/aromatic N) is 3. The highest BCUT2D eigenvalue weighted by atomic mass is 15.2. The summed E-state index contributed by atoms with van der Waals surface area (Å²) in [5.41, 5.74) is 3.60. The number of aromatic nitrogens is 2. The Kier molecular flexibility index (Phi) is 4.26. The van der Waals surface area contributed by atoms with E-state index >= 15 is 0 Å². The fourth-order valence-electron chi connectivity index (χ4n) is 3.63. The molecule has 2 aromatic heterocycles. The zero-order valence-electron chi connectivity index (χ0n) is 14.2. The summed E-state index contributed by atoms with van der Waals surface area (Å²) in [4.78, 5) is 11.4. The van der Waals surface area contributed by atoms with Crippen molar-refractivity contribution >= 4 is 10.8 Å². The third-order valence-electron chi connectivity index (χ3n) is 5.14. The van der Waals surface area contributed by atoms with Crippen LogP contribution in [0.5, 0.6) is 0 Å². The number of fused-ring (bicyclic) bond motifs is 1. The van der Waals surface area contributed by atoms with Crippen molar-refractivity contribution in [3.05, 3.63) is 60.7 Å². The van der Waals surface area contributed by atoms with Gasteiger partial charge in [0.2, 0.25) is 0 Å². The van der Waals surface area contributed by atoms with Gasteiger partial charge in [-0.15, -0.1) is 0 Å². The Morgan fingerprint density at radius 1 is 1.04 bits per heavy atom. The first-order chi connectivity index (χ1) is 11.8. The quantitative estimate of drug-likeness (QED) is 0.717. The van der Waals surface area contributed by atoms with Gasteiger partial charge in [0.05, 0.1) is 0 Å². The third kappa shape index (κ3) is 3.17. The van der Waals surface area contributed by atoms with E-state index in [1.165, 1.54) is 47.0 Å². The molecule has 0 saturated carbocycles. The molecule has 1 atom stereocenters. The Hall–Kier alpha value is -2.26. The molecule has 0 N–H and O–H groups in total. The van der Waals surface area contributed by atoms with E-state index in [4.69, 9.17) is 0 Å². The van der Waals surface area contributed by atoms with Gasteiger partial charge in [-0.05, 0) is 67.1 Å². The van der Waals surface area contributed by atoms with Gasteiger partial charge < -0.3 is 4.90 Å². The minimum Gasteiger partial charge on any atom is -0.300 e. The molecule has 122 valence electrons. The van der Waals surface area contributed by atoms with E-state index in [2.05, 4.69) is 46.1 Å². The molecule has 3 aromatic rings. The molecule has 1 aliphatic rings. The van der Waals surface area contributed by atoms with Gasteiger partial charge in [-0.3, -0.25) is 9.97 Å². The molecule has 1 saturated heterocycles. The Morgan fingerprint density at radius 3 is 2.71 bits per heavy atom. The summed E-state index contributed by atoms with van der Waals surface area (Å²) in [5, 5.41) is 2.47. The number of pyridine rings is 2. The Bertz CT molecular complexity index is 829. The topological polar surface area (TPSA) is 29.0 Å². The molecule has 0 amide bonds. The van der Waals surface area contributed by atoms with E-state index in [0.29, 0.717) is 0 Å². The zero-order valence-corrected chi connectivity index (χ0v) is 14.2. The lowest BCUT2D eigenvalue weighted by atomic mass is 10.0. The first-order valence-corrected chi connectivity index (χ1v) is 8.83. The van der Waals surface area contributed by atoms with Crippen LogP contribution in [-0.4, -0.2) is 34.0 Å². The second-order valence-electron chi connectivity index (χ2n) is 6.75. The largest absolute Gasteiger partial charge is 0.300 e. The highest BCUT2D eigenvalue weighted by molar-refractivity contribution is 5.86. The van der Waals surface area contributed by atoms with E-state index in [1.807, 2.05) is 30.7 Å². The van der Waals surface area contributed by atoms with Gasteiger partial charge >= 0.3 is 0 Å². The van der Waals surface area contributed by atoms with Crippen molar-refractivity contribution in [3.63, 3.8) is 0 Å². The number of benzene rings is 1. The Balaban J connectivity index is 1.53. The monoisotopic (exact) mass is 317 g/mol. The van der Waals surface area contributed by atoms with Crippen LogP contribution in [-0.2, 0) is 6.42 Å². The first-order valence-electron chi connectivity index (χ1n) is 8.83. The SMILES string of the molecule is CC1CCCN1CCc1cc2ccc(-c3ccncc3)cc2cn1. The second-order valence-corrected chi connectivity index (χ2v) is 6.75. The van der Waals surface area contributed by atoms with Crippen molar-refractivity contribution in [2.75, 3.05) is 13.1 Å². The van der Waals surface area contributed by atoms with Crippen LogP contribution in [0.1, 0.15) is 25.5 Å². The standard InChI is InChI=1S/C21H23N3/c1-16-3-2-11-24(16)12-8-21-14-19-5-4-18(13-20(19)15-23-21)17-6-9-22-10-7-17/h4-7,9-10,13-16H,2-3,8,11-12H2,1H3. The van der Waals surface area contributed by atoms with E-state index in [9.17, 15) is 0 Å². The van der Waals surface area contributed by atoms with Crippen molar-refractivity contribution in [1.82, 2.24) is 14.9 Å². The van der Waals surface area contributed by atoms with Crippen molar-refractivity contribution in [2.24, 2.45) is 0 Å². The summed E-state index contributed by atoms with van der Waals surface area (Å²) >= 11 is 0. The van der Waals surface area contributed by atoms with Gasteiger partial charge in [0.25, 0.3) is 0 Å². The van der Waals surface area contributed by atoms with Gasteiger partial charge in [0.15, 0.2) is 0 Å². The molecule has 1 aromatic carbocycles. The fraction of sp³-hybridized carbons (Fsp3) is 0.333. The van der Waals surface area contributed by atoms with Crippen LogP contribution in [0.25, 0.3) is 21.9 Å². The van der Waals surface area contributed by atoms with Gasteiger partial charge in [-0.25, -0.2) is 0 Å². The predicted molar refractivity (Wildman–Crippen MR) is 98.9 cm³/mol. The molecule has 1 aliphatic heterocycles. The van der Waals surface area contributed by atoms with Crippen LogP contribution < -0.4 is 0 Å². The average Bonchev–Trinajstić information content (AvgIpc) is 3.05. The predicted octanol–water partition coefficient (Wildman–Crippen LogP) is 4.32. The highest BCUT2D eigenvalue weighted by Crippen LogP contribution is 2.24. The second kappa shape index (κ2) is 6.70. The smallest absolute Gasteiger partial charge is 0.0422 e. The molecular formula is C21H23N3. The minimum atomic E-state index is 0.730. The first kappa shape index (κ1) is 15.3. The molecule has 3 heterocycles. The summed E-state index contributed by atoms with van der Waals surface area (Å²) in [6.45, 7) is 4.69. The Labute approximate surface area is 143 Å². The molecule has 3 nitrogen and oxygen atoms in total. The fourth-order valence-corrected chi connectivity index (χ4v) is 3.63. The van der Waals surface area contributed by atoms with Crippen molar-refractivity contribution in [3.8, 4) is 11.1 Å². The molecule has 0 spiro atoms. The number of hydrogen-bond donors (Lipinski definition) is 0. The minimum absolute atomic E-state index is 0.730. The van der Waals surface area contributed by atoms with Crippen molar-refractivity contribution < 1.29 is 0 Å². The molecule has 0 radical (unpaired) electrons. The van der Waals surface area contributed by atoms with Crippen LogP contribution in [0.2, 0.25) is 0 Å². The molecule has 0 bridgehead atoms. The molecule has 4 rings (SSSR count). The van der Waals surface area contributed by atoms with E-state index in [1.54, 1.807) is 0 Å². The molecule has 1 fully saturated rings. The lowest BCUT2D eigenvalue weighted by Crippen LogP contribution is -2.29. The lowest BCUT2D eigenvalue weighted by molar-refractivity contribution is 0.271. The van der Waals surface area contributed by atoms with E-state index in [-0.39, 0.29) is 0 Å². The summed E-state index contributed by atoms with van der Waals surface area (Å²) in [6.07, 6.45) is 9.39. The van der Waals surface area contributed by atoms with Crippen molar-refractivity contribution in [1.29, 1.82) is 0 Å². The van der Waals surface area contributed by atoms with Crippen LogP contribution in [0, 0.1) is 0 Å². The molecular weight excluding hydrogens is 294 g/mol. The number of hydrogen-bond acceptors (Lipinski definition) is 3. The third-order valence-corrected chi connectivity index (χ3v) is 5.14. The maximum absolute atomic E-state index is 4.69. The zero-order chi connectivity index (χ0) is 16.4. The number of likely N-dealkylation sites (tertiary alicyclic amines) is 1. The van der Waals surface area contributed by atoms with Crippen LogP contribution >= 0.6 is 0 Å². The van der Waals surface area contributed by atoms with Crippen LogP contribution in [0.15, 0.2) is 55.0 Å². The van der Waals surface area contributed by atoms with E-state index in [0.717, 1.165) is 19.0 Å². The van der Waals surface area contributed by atoms with Crippen molar-refractivity contribution in [2.45, 2.75) is 32.2 Å². The normalized spacial score (nSPS) is 18.3. The molecule has 3 heteroatoms. The summed E-state index contributed by atoms with van der Waals surface area (Å²) in [6, 6.07) is 13.7. The summed E-state index contributed by atoms with van der Waals surface area (Å²) < 4.78 is 0. The molecule has 24 heavy (non-hydrogen) atoms. The molecule has 1 unspecified atom stereocenters. The average molecular weight is 317 g/mol. The Morgan fingerprint density at radius 2 is 1.92 bits per heavy atom. The van der Waals surface area contributed by atoms with Crippen LogP contribution in [0.3, 0.4) is 0 Å². The van der Waals surface area contributed by atoms with E-state index < -0.39 is 0 Å². The van der Waals surface area contributed by atoms with Crippen LogP contribution in [0.4, 0.5) is 0 Å². The molecule has 0 aliphatic carbocycles. The lowest BCUT2D eigenvalue weighted by Gasteiger charge is -2.20.